The number of nitrogens with one attached hydrogen (secondary N) is 1. The predicted octanol–water partition coefficient (Wildman–Crippen LogP) is 0.499. The number of ether oxygens (including phenoxy) is 2. The molecule has 2 heterocycles. The van der Waals surface area contributed by atoms with Crippen molar-refractivity contribution in [2.24, 2.45) is 0 Å². The fourth-order valence-electron chi connectivity index (χ4n) is 2.31. The van der Waals surface area contributed by atoms with Gasteiger partial charge in [-0.2, -0.15) is 5.10 Å². The molecule has 1 atom stereocenters. The normalized spacial score (nSPS) is 17.3. The SMILES string of the molecule is COCCNCC(=O)N1CCOC(Cn2cc(C)cn2)C1.Cl.Cl. The molecule has 7 nitrogen and oxygen atoms in total. The monoisotopic (exact) mass is 368 g/mol. The van der Waals surface area contributed by atoms with E-state index >= 15 is 0 Å². The third-order valence-corrected chi connectivity index (χ3v) is 3.40. The highest BCUT2D eigenvalue weighted by atomic mass is 35.5. The van der Waals surface area contributed by atoms with Crippen molar-refractivity contribution in [2.45, 2.75) is 19.6 Å². The number of rotatable bonds is 7. The fourth-order valence-corrected chi connectivity index (χ4v) is 2.31. The Balaban J connectivity index is 0.00000242. The molecule has 1 aromatic heterocycles. The Morgan fingerprint density at radius 3 is 2.96 bits per heavy atom. The van der Waals surface area contributed by atoms with Gasteiger partial charge in [-0.05, 0) is 12.5 Å². The highest BCUT2D eigenvalue weighted by Crippen LogP contribution is 2.08. The number of methoxy groups -OCH3 is 1. The van der Waals surface area contributed by atoms with Crippen LogP contribution in [-0.2, 0) is 20.8 Å². The van der Waals surface area contributed by atoms with Crippen molar-refractivity contribution in [1.82, 2.24) is 20.0 Å². The van der Waals surface area contributed by atoms with Gasteiger partial charge in [0.1, 0.15) is 0 Å². The maximum atomic E-state index is 12.1. The number of halogens is 2. The Kier molecular flexibility index (Phi) is 11.2. The van der Waals surface area contributed by atoms with E-state index in [1.807, 2.05) is 28.9 Å². The van der Waals surface area contributed by atoms with E-state index in [1.165, 1.54) is 0 Å². The summed E-state index contributed by atoms with van der Waals surface area (Å²) in [6, 6.07) is 0. The lowest BCUT2D eigenvalue weighted by atomic mass is 10.2. The lowest BCUT2D eigenvalue weighted by molar-refractivity contribution is -0.138. The number of hydrogen-bond acceptors (Lipinski definition) is 5. The highest BCUT2D eigenvalue weighted by Gasteiger charge is 2.24. The van der Waals surface area contributed by atoms with Crippen molar-refractivity contribution in [3.05, 3.63) is 18.0 Å². The zero-order valence-corrected chi connectivity index (χ0v) is 15.2. The van der Waals surface area contributed by atoms with Gasteiger partial charge in [-0.3, -0.25) is 9.48 Å². The van der Waals surface area contributed by atoms with Crippen LogP contribution < -0.4 is 5.32 Å². The minimum atomic E-state index is 0. The molecule has 0 aliphatic carbocycles. The summed E-state index contributed by atoms with van der Waals surface area (Å²) in [5.74, 6) is 0.107. The molecule has 1 saturated heterocycles. The van der Waals surface area contributed by atoms with Gasteiger partial charge < -0.3 is 19.7 Å². The molecular formula is C14H26Cl2N4O3. The second kappa shape index (κ2) is 11.6. The summed E-state index contributed by atoms with van der Waals surface area (Å²) < 4.78 is 12.5. The molecule has 0 spiro atoms. The summed E-state index contributed by atoms with van der Waals surface area (Å²) >= 11 is 0. The molecule has 1 unspecified atom stereocenters. The molecule has 23 heavy (non-hydrogen) atoms. The lowest BCUT2D eigenvalue weighted by Crippen LogP contribution is -2.49. The molecule has 1 aliphatic rings. The first-order valence-corrected chi connectivity index (χ1v) is 7.27. The molecule has 1 aromatic rings. The summed E-state index contributed by atoms with van der Waals surface area (Å²) in [7, 11) is 1.65. The summed E-state index contributed by atoms with van der Waals surface area (Å²) in [5, 5.41) is 7.33. The van der Waals surface area contributed by atoms with E-state index in [0.717, 1.165) is 5.56 Å². The Morgan fingerprint density at radius 1 is 1.52 bits per heavy atom. The van der Waals surface area contributed by atoms with Gasteiger partial charge in [0.2, 0.25) is 5.91 Å². The van der Waals surface area contributed by atoms with Crippen LogP contribution in [0.3, 0.4) is 0 Å². The first kappa shape index (κ1) is 22.1. The van der Waals surface area contributed by atoms with Crippen LogP contribution in [0, 0.1) is 6.92 Å². The number of aryl methyl sites for hydroxylation is 1. The molecule has 0 aromatic carbocycles. The summed E-state index contributed by atoms with van der Waals surface area (Å²) in [4.78, 5) is 14.0. The van der Waals surface area contributed by atoms with E-state index in [2.05, 4.69) is 10.4 Å². The van der Waals surface area contributed by atoms with E-state index in [9.17, 15) is 4.79 Å². The second-order valence-corrected chi connectivity index (χ2v) is 5.24. The highest BCUT2D eigenvalue weighted by molar-refractivity contribution is 5.85. The number of aromatic nitrogens is 2. The van der Waals surface area contributed by atoms with Gasteiger partial charge in [0.25, 0.3) is 0 Å². The maximum absolute atomic E-state index is 12.1. The number of nitrogens with zero attached hydrogens (tertiary/aromatic N) is 3. The van der Waals surface area contributed by atoms with E-state index < -0.39 is 0 Å². The summed E-state index contributed by atoms with van der Waals surface area (Å²) in [6.45, 7) is 6.16. The molecule has 1 aliphatic heterocycles. The largest absolute Gasteiger partial charge is 0.383 e. The molecule has 1 fully saturated rings. The predicted molar refractivity (Wildman–Crippen MR) is 92.5 cm³/mol. The molecule has 0 saturated carbocycles. The van der Waals surface area contributed by atoms with Gasteiger partial charge in [0.15, 0.2) is 0 Å². The molecule has 134 valence electrons. The zero-order chi connectivity index (χ0) is 15.1. The standard InChI is InChI=1S/C14H24N4O3.2ClH/c1-12-7-16-18(9-12)11-13-10-17(4-6-21-13)14(19)8-15-3-5-20-2;;/h7,9,13,15H,3-6,8,10-11H2,1-2H3;2*1H. The van der Waals surface area contributed by atoms with Crippen molar-refractivity contribution in [3.8, 4) is 0 Å². The van der Waals surface area contributed by atoms with E-state index in [0.29, 0.717) is 45.9 Å². The van der Waals surface area contributed by atoms with Gasteiger partial charge in [-0.25, -0.2) is 0 Å². The Bertz CT molecular complexity index is 459. The zero-order valence-electron chi connectivity index (χ0n) is 13.6. The minimum Gasteiger partial charge on any atom is -0.383 e. The number of hydrogen-bond donors (Lipinski definition) is 1. The second-order valence-electron chi connectivity index (χ2n) is 5.24. The Hall–Kier alpha value is -0.860. The van der Waals surface area contributed by atoms with E-state index in [4.69, 9.17) is 9.47 Å². The topological polar surface area (TPSA) is 68.6 Å². The number of carbonyl (C=O) groups is 1. The van der Waals surface area contributed by atoms with Gasteiger partial charge in [0.05, 0.1) is 38.6 Å². The Labute approximate surface area is 149 Å². The molecule has 0 bridgehead atoms. The lowest BCUT2D eigenvalue weighted by Gasteiger charge is -2.33. The van der Waals surface area contributed by atoms with Gasteiger partial charge in [-0.1, -0.05) is 0 Å². The van der Waals surface area contributed by atoms with Crippen LogP contribution in [0.2, 0.25) is 0 Å². The molecule has 1 N–H and O–H groups in total. The van der Waals surface area contributed by atoms with Crippen LogP contribution in [0.25, 0.3) is 0 Å². The van der Waals surface area contributed by atoms with Crippen LogP contribution in [0.15, 0.2) is 12.4 Å². The minimum absolute atomic E-state index is 0. The van der Waals surface area contributed by atoms with Gasteiger partial charge >= 0.3 is 0 Å². The van der Waals surface area contributed by atoms with Crippen molar-refractivity contribution < 1.29 is 14.3 Å². The van der Waals surface area contributed by atoms with Crippen molar-refractivity contribution in [3.63, 3.8) is 0 Å². The van der Waals surface area contributed by atoms with Gasteiger partial charge in [-0.15, -0.1) is 24.8 Å². The number of amides is 1. The summed E-state index contributed by atoms with van der Waals surface area (Å²) in [6.07, 6.45) is 3.81. The quantitative estimate of drug-likeness (QED) is 0.709. The van der Waals surface area contributed by atoms with Crippen LogP contribution in [-0.4, -0.2) is 73.2 Å². The third-order valence-electron chi connectivity index (χ3n) is 3.40. The molecule has 9 heteroatoms. The van der Waals surface area contributed by atoms with Crippen LogP contribution in [0.5, 0.6) is 0 Å². The summed E-state index contributed by atoms with van der Waals surface area (Å²) in [5.41, 5.74) is 1.13. The average molecular weight is 369 g/mol. The average Bonchev–Trinajstić information content (AvgIpc) is 2.89. The van der Waals surface area contributed by atoms with Crippen molar-refractivity contribution in [1.29, 1.82) is 0 Å². The number of carbonyl (C=O) groups excluding carboxylic acids is 1. The number of morpholine rings is 1. The van der Waals surface area contributed by atoms with Crippen LogP contribution in [0.4, 0.5) is 0 Å². The molecule has 0 radical (unpaired) electrons. The van der Waals surface area contributed by atoms with E-state index in [1.54, 1.807) is 7.11 Å². The third kappa shape index (κ3) is 7.50. The smallest absolute Gasteiger partial charge is 0.236 e. The Morgan fingerprint density at radius 2 is 2.30 bits per heavy atom. The van der Waals surface area contributed by atoms with Gasteiger partial charge in [0, 0.05) is 32.9 Å². The van der Waals surface area contributed by atoms with Crippen LogP contribution in [0.1, 0.15) is 5.56 Å². The molecule has 1 amide bonds. The van der Waals surface area contributed by atoms with Crippen LogP contribution >= 0.6 is 24.8 Å². The van der Waals surface area contributed by atoms with E-state index in [-0.39, 0.29) is 36.8 Å². The van der Waals surface area contributed by atoms with Crippen molar-refractivity contribution >= 4 is 30.7 Å². The maximum Gasteiger partial charge on any atom is 0.236 e. The fraction of sp³-hybridized carbons (Fsp3) is 0.714. The molecular weight excluding hydrogens is 343 g/mol. The first-order valence-electron chi connectivity index (χ1n) is 7.27. The van der Waals surface area contributed by atoms with Crippen molar-refractivity contribution in [2.75, 3.05) is 46.5 Å². The molecule has 2 rings (SSSR count). The first-order chi connectivity index (χ1) is 10.2.